The minimum absolute atomic E-state index is 0.326. The van der Waals surface area contributed by atoms with Gasteiger partial charge in [0.25, 0.3) is 0 Å². The maximum Gasteiger partial charge on any atom is 0.178 e. The van der Waals surface area contributed by atoms with Crippen molar-refractivity contribution in [3.63, 3.8) is 0 Å². The predicted molar refractivity (Wildman–Crippen MR) is 75.4 cm³/mol. The van der Waals surface area contributed by atoms with Gasteiger partial charge in [-0.25, -0.2) is 0 Å². The van der Waals surface area contributed by atoms with E-state index in [1.165, 1.54) is 0 Å². The van der Waals surface area contributed by atoms with Crippen LogP contribution in [0.2, 0.25) is 5.02 Å². The van der Waals surface area contributed by atoms with Gasteiger partial charge in [0.15, 0.2) is 4.77 Å². The molecule has 1 unspecified atom stereocenters. The minimum atomic E-state index is 0.326. The second-order valence-corrected chi connectivity index (χ2v) is 5.40. The van der Waals surface area contributed by atoms with E-state index >= 15 is 0 Å². The molecule has 92 valence electrons. The fourth-order valence-corrected chi connectivity index (χ4v) is 2.71. The number of fused-ring (bicyclic) bond motifs is 1. The summed E-state index contributed by atoms with van der Waals surface area (Å²) in [5.41, 5.74) is 2.10. The van der Waals surface area contributed by atoms with E-state index in [-0.39, 0.29) is 0 Å². The third kappa shape index (κ3) is 2.54. The zero-order chi connectivity index (χ0) is 12.6. The molecule has 2 rings (SSSR count). The van der Waals surface area contributed by atoms with Crippen molar-refractivity contribution in [3.8, 4) is 0 Å². The van der Waals surface area contributed by atoms with Gasteiger partial charge in [0.2, 0.25) is 0 Å². The molecule has 1 heterocycles. The van der Waals surface area contributed by atoms with E-state index in [1.807, 2.05) is 18.2 Å². The maximum absolute atomic E-state index is 5.97. The molecule has 2 aromatic rings. The van der Waals surface area contributed by atoms with Gasteiger partial charge in [0.1, 0.15) is 0 Å². The molecule has 0 aliphatic rings. The summed E-state index contributed by atoms with van der Waals surface area (Å²) >= 11 is 11.3. The third-order valence-electron chi connectivity index (χ3n) is 2.75. The number of aromatic amines is 1. The molecule has 1 atom stereocenters. The van der Waals surface area contributed by atoms with Crippen LogP contribution in [0.25, 0.3) is 11.0 Å². The molecule has 0 aliphatic heterocycles. The first kappa shape index (κ1) is 12.6. The maximum atomic E-state index is 5.97. The summed E-state index contributed by atoms with van der Waals surface area (Å²) in [7, 11) is 4.12. The van der Waals surface area contributed by atoms with Crippen LogP contribution in [0.15, 0.2) is 18.2 Å². The Morgan fingerprint density at radius 1 is 1.47 bits per heavy atom. The summed E-state index contributed by atoms with van der Waals surface area (Å²) in [5, 5.41) is 0.723. The molecule has 0 bridgehead atoms. The Bertz CT molecular complexity index is 585. The zero-order valence-corrected chi connectivity index (χ0v) is 11.8. The lowest BCUT2D eigenvalue weighted by molar-refractivity contribution is 0.339. The van der Waals surface area contributed by atoms with E-state index < -0.39 is 0 Å². The van der Waals surface area contributed by atoms with Crippen LogP contribution >= 0.6 is 23.8 Å². The van der Waals surface area contributed by atoms with Crippen molar-refractivity contribution in [1.82, 2.24) is 14.5 Å². The van der Waals surface area contributed by atoms with Gasteiger partial charge in [-0.15, -0.1) is 0 Å². The van der Waals surface area contributed by atoms with E-state index in [2.05, 4.69) is 35.5 Å². The Morgan fingerprint density at radius 2 is 2.18 bits per heavy atom. The van der Waals surface area contributed by atoms with Crippen LogP contribution in [0.3, 0.4) is 0 Å². The van der Waals surface area contributed by atoms with Gasteiger partial charge < -0.3 is 14.5 Å². The standard InChI is InChI=1S/C12H16ClN3S/c1-8(7-15(2)3)16-11-5-4-9(13)6-10(11)14-12(16)17/h4-6,8H,7H2,1-3H3,(H,14,17). The highest BCUT2D eigenvalue weighted by molar-refractivity contribution is 7.71. The quantitative estimate of drug-likeness (QED) is 0.863. The normalized spacial score (nSPS) is 13.5. The van der Waals surface area contributed by atoms with Crippen molar-refractivity contribution in [3.05, 3.63) is 28.0 Å². The predicted octanol–water partition coefficient (Wildman–Crippen LogP) is 3.47. The van der Waals surface area contributed by atoms with E-state index in [0.717, 1.165) is 27.4 Å². The van der Waals surface area contributed by atoms with Crippen molar-refractivity contribution in [2.75, 3.05) is 20.6 Å². The third-order valence-corrected chi connectivity index (χ3v) is 3.28. The highest BCUT2D eigenvalue weighted by atomic mass is 35.5. The lowest BCUT2D eigenvalue weighted by atomic mass is 10.2. The van der Waals surface area contributed by atoms with E-state index in [9.17, 15) is 0 Å². The number of nitrogens with one attached hydrogen (secondary N) is 1. The van der Waals surface area contributed by atoms with Crippen LogP contribution in [-0.4, -0.2) is 35.1 Å². The molecule has 1 aromatic carbocycles. The van der Waals surface area contributed by atoms with Gasteiger partial charge >= 0.3 is 0 Å². The Labute approximate surface area is 111 Å². The molecule has 0 aliphatic carbocycles. The van der Waals surface area contributed by atoms with Gasteiger partial charge in [0, 0.05) is 17.6 Å². The van der Waals surface area contributed by atoms with E-state index in [0.29, 0.717) is 6.04 Å². The Morgan fingerprint density at radius 3 is 2.82 bits per heavy atom. The summed E-state index contributed by atoms with van der Waals surface area (Å²) < 4.78 is 2.89. The summed E-state index contributed by atoms with van der Waals surface area (Å²) in [5.74, 6) is 0. The summed E-state index contributed by atoms with van der Waals surface area (Å²) in [6.45, 7) is 3.11. The van der Waals surface area contributed by atoms with Crippen molar-refractivity contribution in [1.29, 1.82) is 0 Å². The first-order valence-corrected chi connectivity index (χ1v) is 6.32. The van der Waals surface area contributed by atoms with Crippen LogP contribution in [0, 0.1) is 4.77 Å². The molecule has 0 spiro atoms. The summed E-state index contributed by atoms with van der Waals surface area (Å²) in [6, 6.07) is 6.14. The van der Waals surface area contributed by atoms with Crippen molar-refractivity contribution >= 4 is 34.9 Å². The highest BCUT2D eigenvalue weighted by Crippen LogP contribution is 2.22. The molecule has 0 amide bonds. The number of nitrogens with zero attached hydrogens (tertiary/aromatic N) is 2. The number of benzene rings is 1. The Hall–Kier alpha value is -0.840. The monoisotopic (exact) mass is 269 g/mol. The van der Waals surface area contributed by atoms with Crippen LogP contribution < -0.4 is 0 Å². The SMILES string of the molecule is CC(CN(C)C)n1c(=S)[nH]c2cc(Cl)ccc21. The first-order chi connectivity index (χ1) is 7.99. The molecular formula is C12H16ClN3S. The molecule has 1 N–H and O–H groups in total. The number of hydrogen-bond donors (Lipinski definition) is 1. The highest BCUT2D eigenvalue weighted by Gasteiger charge is 2.11. The average molecular weight is 270 g/mol. The molecule has 3 nitrogen and oxygen atoms in total. The number of halogens is 1. The van der Waals surface area contributed by atoms with E-state index in [4.69, 9.17) is 23.8 Å². The van der Waals surface area contributed by atoms with Crippen LogP contribution in [-0.2, 0) is 0 Å². The second-order valence-electron chi connectivity index (χ2n) is 4.57. The van der Waals surface area contributed by atoms with Gasteiger partial charge in [-0.1, -0.05) is 11.6 Å². The van der Waals surface area contributed by atoms with Crippen LogP contribution in [0.1, 0.15) is 13.0 Å². The number of hydrogen-bond acceptors (Lipinski definition) is 2. The number of imidazole rings is 1. The number of aromatic nitrogens is 2. The molecule has 5 heteroatoms. The average Bonchev–Trinajstić information content (AvgIpc) is 2.51. The van der Waals surface area contributed by atoms with Crippen LogP contribution in [0.4, 0.5) is 0 Å². The Kier molecular flexibility index (Phi) is 3.56. The molecule has 0 radical (unpaired) electrons. The number of H-pyrrole nitrogens is 1. The second kappa shape index (κ2) is 4.80. The van der Waals surface area contributed by atoms with Gasteiger partial charge in [-0.2, -0.15) is 0 Å². The Balaban J connectivity index is 2.53. The van der Waals surface area contributed by atoms with Crippen molar-refractivity contribution in [2.45, 2.75) is 13.0 Å². The molecule has 0 saturated carbocycles. The van der Waals surface area contributed by atoms with Gasteiger partial charge in [-0.05, 0) is 51.4 Å². The van der Waals surface area contributed by atoms with E-state index in [1.54, 1.807) is 0 Å². The lowest BCUT2D eigenvalue weighted by Gasteiger charge is -2.19. The number of rotatable bonds is 3. The van der Waals surface area contributed by atoms with Gasteiger partial charge in [0.05, 0.1) is 11.0 Å². The van der Waals surface area contributed by atoms with Crippen LogP contribution in [0.5, 0.6) is 0 Å². The molecule has 0 saturated heterocycles. The molecule has 0 fully saturated rings. The first-order valence-electron chi connectivity index (χ1n) is 5.53. The van der Waals surface area contributed by atoms with Crippen molar-refractivity contribution < 1.29 is 0 Å². The fourth-order valence-electron chi connectivity index (χ4n) is 2.15. The molecule has 1 aromatic heterocycles. The number of likely N-dealkylation sites (N-methyl/N-ethyl adjacent to an activating group) is 1. The smallest absolute Gasteiger partial charge is 0.178 e. The minimum Gasteiger partial charge on any atom is -0.331 e. The van der Waals surface area contributed by atoms with Crippen molar-refractivity contribution in [2.24, 2.45) is 0 Å². The summed E-state index contributed by atoms with van der Waals surface area (Å²) in [4.78, 5) is 5.35. The topological polar surface area (TPSA) is 24.0 Å². The van der Waals surface area contributed by atoms with Gasteiger partial charge in [-0.3, -0.25) is 0 Å². The molecular weight excluding hydrogens is 254 g/mol. The molecule has 17 heavy (non-hydrogen) atoms. The lowest BCUT2D eigenvalue weighted by Crippen LogP contribution is -2.22. The summed E-state index contributed by atoms with van der Waals surface area (Å²) in [6.07, 6.45) is 0. The zero-order valence-electron chi connectivity index (χ0n) is 10.2. The fraction of sp³-hybridized carbons (Fsp3) is 0.417. The largest absolute Gasteiger partial charge is 0.331 e.